The standard InChI is InChI=1S/C21H16F2N2O4/c22-21(23)29-19-11-10-16(13-15(19)12-14-6-2-1-3-7-14)24-20(26)17-8-4-5-9-18(17)25(27)28/h1-11,13,21H,12H2,(H,24,26). The highest BCUT2D eigenvalue weighted by Crippen LogP contribution is 2.28. The van der Waals surface area contributed by atoms with Crippen LogP contribution in [0.3, 0.4) is 0 Å². The van der Waals surface area contributed by atoms with Crippen LogP contribution in [0, 0.1) is 10.1 Å². The number of nitrogens with one attached hydrogen (secondary N) is 1. The fraction of sp³-hybridized carbons (Fsp3) is 0.0952. The van der Waals surface area contributed by atoms with Crippen molar-refractivity contribution < 1.29 is 23.2 Å². The molecule has 6 nitrogen and oxygen atoms in total. The monoisotopic (exact) mass is 398 g/mol. The summed E-state index contributed by atoms with van der Waals surface area (Å²) in [4.78, 5) is 23.0. The van der Waals surface area contributed by atoms with Crippen LogP contribution in [0.1, 0.15) is 21.5 Å². The molecule has 0 radical (unpaired) electrons. The number of rotatable bonds is 7. The molecule has 0 saturated carbocycles. The number of para-hydroxylation sites is 1. The smallest absolute Gasteiger partial charge is 0.387 e. The lowest BCUT2D eigenvalue weighted by Crippen LogP contribution is -2.14. The Bertz CT molecular complexity index is 1030. The first-order chi connectivity index (χ1) is 13.9. The first-order valence-electron chi connectivity index (χ1n) is 8.60. The zero-order valence-corrected chi connectivity index (χ0v) is 15.0. The third-order valence-corrected chi connectivity index (χ3v) is 4.12. The third kappa shape index (κ3) is 5.13. The van der Waals surface area contributed by atoms with Gasteiger partial charge < -0.3 is 10.1 Å². The Kier molecular flexibility index (Phi) is 6.13. The topological polar surface area (TPSA) is 81.5 Å². The number of nitro benzene ring substituents is 1. The molecule has 0 bridgehead atoms. The summed E-state index contributed by atoms with van der Waals surface area (Å²) < 4.78 is 30.0. The minimum Gasteiger partial charge on any atom is -0.435 e. The van der Waals surface area contributed by atoms with Crippen molar-refractivity contribution in [1.82, 2.24) is 0 Å². The number of hydrogen-bond acceptors (Lipinski definition) is 4. The summed E-state index contributed by atoms with van der Waals surface area (Å²) in [6.07, 6.45) is 0.304. The molecule has 0 aromatic heterocycles. The summed E-state index contributed by atoms with van der Waals surface area (Å²) in [6, 6.07) is 19.0. The van der Waals surface area contributed by atoms with Crippen LogP contribution in [0.4, 0.5) is 20.2 Å². The fourth-order valence-corrected chi connectivity index (χ4v) is 2.85. The number of amides is 1. The van der Waals surface area contributed by atoms with Gasteiger partial charge in [0.2, 0.25) is 0 Å². The predicted molar refractivity (Wildman–Crippen MR) is 103 cm³/mol. The summed E-state index contributed by atoms with van der Waals surface area (Å²) in [5, 5.41) is 13.7. The van der Waals surface area contributed by atoms with E-state index >= 15 is 0 Å². The minimum atomic E-state index is -2.99. The molecule has 0 spiro atoms. The number of anilines is 1. The van der Waals surface area contributed by atoms with Gasteiger partial charge in [0.05, 0.1) is 4.92 Å². The first-order valence-corrected chi connectivity index (χ1v) is 8.60. The molecular formula is C21H16F2N2O4. The summed E-state index contributed by atoms with van der Waals surface area (Å²) >= 11 is 0. The van der Waals surface area contributed by atoms with Gasteiger partial charge in [0.25, 0.3) is 11.6 Å². The van der Waals surface area contributed by atoms with E-state index in [-0.39, 0.29) is 17.0 Å². The van der Waals surface area contributed by atoms with E-state index in [1.807, 2.05) is 30.3 Å². The van der Waals surface area contributed by atoms with Gasteiger partial charge in [0.1, 0.15) is 11.3 Å². The summed E-state index contributed by atoms with van der Waals surface area (Å²) in [7, 11) is 0. The van der Waals surface area contributed by atoms with E-state index in [2.05, 4.69) is 10.1 Å². The van der Waals surface area contributed by atoms with Crippen molar-refractivity contribution in [3.63, 3.8) is 0 Å². The maximum atomic E-state index is 12.7. The highest BCUT2D eigenvalue weighted by Gasteiger charge is 2.20. The lowest BCUT2D eigenvalue weighted by Gasteiger charge is -2.13. The molecule has 1 N–H and O–H groups in total. The van der Waals surface area contributed by atoms with E-state index in [0.717, 1.165) is 5.56 Å². The van der Waals surface area contributed by atoms with E-state index in [0.29, 0.717) is 17.7 Å². The number of benzene rings is 3. The number of halogens is 2. The second-order valence-electron chi connectivity index (χ2n) is 6.09. The van der Waals surface area contributed by atoms with Gasteiger partial charge in [-0.25, -0.2) is 0 Å². The molecule has 8 heteroatoms. The molecule has 0 unspecified atom stereocenters. The number of alkyl halides is 2. The van der Waals surface area contributed by atoms with Gasteiger partial charge in [0.15, 0.2) is 0 Å². The molecule has 0 atom stereocenters. The molecule has 29 heavy (non-hydrogen) atoms. The Hall–Kier alpha value is -3.81. The van der Waals surface area contributed by atoms with Crippen LogP contribution in [-0.4, -0.2) is 17.4 Å². The molecule has 3 aromatic carbocycles. The van der Waals surface area contributed by atoms with Crippen molar-refractivity contribution in [1.29, 1.82) is 0 Å². The van der Waals surface area contributed by atoms with Crippen molar-refractivity contribution in [3.8, 4) is 5.75 Å². The van der Waals surface area contributed by atoms with E-state index in [9.17, 15) is 23.7 Å². The van der Waals surface area contributed by atoms with Crippen LogP contribution < -0.4 is 10.1 Å². The Balaban J connectivity index is 1.89. The maximum Gasteiger partial charge on any atom is 0.387 e. The number of carbonyl (C=O) groups excluding carboxylic acids is 1. The van der Waals surface area contributed by atoms with Gasteiger partial charge in [-0.15, -0.1) is 0 Å². The quantitative estimate of drug-likeness (QED) is 0.447. The van der Waals surface area contributed by atoms with Crippen molar-refractivity contribution in [2.24, 2.45) is 0 Å². The average Bonchev–Trinajstić information content (AvgIpc) is 2.70. The SMILES string of the molecule is O=C(Nc1ccc(OC(F)F)c(Cc2ccccc2)c1)c1ccccc1[N+](=O)[O-]. The van der Waals surface area contributed by atoms with Crippen LogP contribution in [0.5, 0.6) is 5.75 Å². The summed E-state index contributed by atoms with van der Waals surface area (Å²) in [5.41, 5.74) is 1.19. The number of nitro groups is 1. The predicted octanol–water partition coefficient (Wildman–Crippen LogP) is 5.04. The molecule has 0 aliphatic rings. The zero-order valence-electron chi connectivity index (χ0n) is 15.0. The molecule has 1 amide bonds. The van der Waals surface area contributed by atoms with E-state index in [1.165, 1.54) is 42.5 Å². The molecule has 148 valence electrons. The first kappa shape index (κ1) is 19.9. The average molecular weight is 398 g/mol. The molecule has 0 fully saturated rings. The van der Waals surface area contributed by atoms with Crippen molar-refractivity contribution in [2.45, 2.75) is 13.0 Å². The van der Waals surface area contributed by atoms with E-state index in [4.69, 9.17) is 0 Å². The molecular weight excluding hydrogens is 382 g/mol. The van der Waals surface area contributed by atoms with Gasteiger partial charge >= 0.3 is 6.61 Å². The Morgan fingerprint density at radius 1 is 1.03 bits per heavy atom. The Morgan fingerprint density at radius 2 is 1.72 bits per heavy atom. The fourth-order valence-electron chi connectivity index (χ4n) is 2.85. The normalized spacial score (nSPS) is 10.6. The zero-order chi connectivity index (χ0) is 20.8. The molecule has 0 saturated heterocycles. The lowest BCUT2D eigenvalue weighted by atomic mass is 10.0. The second-order valence-corrected chi connectivity index (χ2v) is 6.09. The Morgan fingerprint density at radius 3 is 2.41 bits per heavy atom. The molecule has 3 aromatic rings. The number of carbonyl (C=O) groups is 1. The van der Waals surface area contributed by atoms with Crippen LogP contribution in [0.2, 0.25) is 0 Å². The lowest BCUT2D eigenvalue weighted by molar-refractivity contribution is -0.385. The van der Waals surface area contributed by atoms with Gasteiger partial charge in [-0.2, -0.15) is 8.78 Å². The number of nitrogens with zero attached hydrogens (tertiary/aromatic N) is 1. The van der Waals surface area contributed by atoms with Gasteiger partial charge in [-0.3, -0.25) is 14.9 Å². The van der Waals surface area contributed by atoms with Crippen LogP contribution in [0.25, 0.3) is 0 Å². The highest BCUT2D eigenvalue weighted by atomic mass is 19.3. The Labute approximate surface area is 164 Å². The minimum absolute atomic E-state index is 0.00690. The third-order valence-electron chi connectivity index (χ3n) is 4.12. The number of ether oxygens (including phenoxy) is 1. The van der Waals surface area contributed by atoms with Crippen LogP contribution in [0.15, 0.2) is 72.8 Å². The largest absolute Gasteiger partial charge is 0.435 e. The summed E-state index contributed by atoms with van der Waals surface area (Å²) in [6.45, 7) is -2.99. The van der Waals surface area contributed by atoms with Crippen molar-refractivity contribution in [2.75, 3.05) is 5.32 Å². The van der Waals surface area contributed by atoms with E-state index < -0.39 is 17.4 Å². The van der Waals surface area contributed by atoms with Gasteiger partial charge in [-0.05, 0) is 29.8 Å². The van der Waals surface area contributed by atoms with E-state index in [1.54, 1.807) is 0 Å². The van der Waals surface area contributed by atoms with Crippen LogP contribution >= 0.6 is 0 Å². The molecule has 0 aliphatic heterocycles. The number of hydrogen-bond donors (Lipinski definition) is 1. The van der Waals surface area contributed by atoms with Crippen molar-refractivity contribution >= 4 is 17.3 Å². The second kappa shape index (κ2) is 8.92. The highest BCUT2D eigenvalue weighted by molar-refractivity contribution is 6.07. The van der Waals surface area contributed by atoms with Gasteiger partial charge in [-0.1, -0.05) is 42.5 Å². The van der Waals surface area contributed by atoms with Crippen molar-refractivity contribution in [3.05, 3.63) is 99.6 Å². The summed E-state index contributed by atoms with van der Waals surface area (Å²) in [5.74, 6) is -0.682. The maximum absolute atomic E-state index is 12.7. The van der Waals surface area contributed by atoms with Crippen LogP contribution in [-0.2, 0) is 6.42 Å². The van der Waals surface area contributed by atoms with Gasteiger partial charge in [0, 0.05) is 23.7 Å². The molecule has 3 rings (SSSR count). The molecule has 0 aliphatic carbocycles. The molecule has 0 heterocycles.